The molecular weight excluding hydrogens is 262 g/mol. The lowest BCUT2D eigenvalue weighted by molar-refractivity contribution is 0.0198. The van der Waals surface area contributed by atoms with Crippen molar-refractivity contribution in [3.05, 3.63) is 17.7 Å². The quantitative estimate of drug-likeness (QED) is 0.728. The van der Waals surface area contributed by atoms with E-state index in [2.05, 4.69) is 9.72 Å². The Morgan fingerprint density at radius 3 is 2.60 bits per heavy atom. The van der Waals surface area contributed by atoms with Crippen molar-refractivity contribution in [1.82, 2.24) is 14.5 Å². The first kappa shape index (κ1) is 14.4. The molecule has 0 radical (unpaired) electrons. The van der Waals surface area contributed by atoms with E-state index in [1.807, 2.05) is 20.8 Å². The van der Waals surface area contributed by atoms with Gasteiger partial charge < -0.3 is 18.9 Å². The highest BCUT2D eigenvalue weighted by Crippen LogP contribution is 2.18. The van der Waals surface area contributed by atoms with E-state index in [-0.39, 0.29) is 11.9 Å². The number of rotatable bonds is 1. The Hall–Kier alpha value is -2.05. The van der Waals surface area contributed by atoms with Crippen molar-refractivity contribution in [3.8, 4) is 0 Å². The summed E-state index contributed by atoms with van der Waals surface area (Å²) in [6.07, 6.45) is 1.23. The lowest BCUT2D eigenvalue weighted by atomic mass is 10.2. The molecule has 1 amide bonds. The Bertz CT molecular complexity index is 530. The van der Waals surface area contributed by atoms with Gasteiger partial charge in [0.05, 0.1) is 25.5 Å². The third-order valence-corrected chi connectivity index (χ3v) is 2.90. The van der Waals surface area contributed by atoms with Gasteiger partial charge in [-0.25, -0.2) is 14.6 Å². The van der Waals surface area contributed by atoms with E-state index in [4.69, 9.17) is 4.74 Å². The molecule has 7 heteroatoms. The molecule has 0 spiro atoms. The summed E-state index contributed by atoms with van der Waals surface area (Å²) < 4.78 is 11.8. The number of hydrogen-bond donors (Lipinski definition) is 0. The van der Waals surface area contributed by atoms with E-state index in [0.717, 1.165) is 5.69 Å². The SMILES string of the molecule is COC(=O)c1ncc2n1CCN(C(=O)OC(C)(C)C)C2. The molecule has 0 saturated heterocycles. The average molecular weight is 281 g/mol. The van der Waals surface area contributed by atoms with Crippen LogP contribution < -0.4 is 0 Å². The summed E-state index contributed by atoms with van der Waals surface area (Å²) in [5.41, 5.74) is 0.272. The number of methoxy groups -OCH3 is 1. The smallest absolute Gasteiger partial charge is 0.410 e. The molecule has 0 fully saturated rings. The fraction of sp³-hybridized carbons (Fsp3) is 0.615. The highest BCUT2D eigenvalue weighted by Gasteiger charge is 2.28. The average Bonchev–Trinajstić information content (AvgIpc) is 2.78. The molecule has 1 aromatic rings. The summed E-state index contributed by atoms with van der Waals surface area (Å²) in [6.45, 7) is 6.83. The second kappa shape index (κ2) is 5.15. The monoisotopic (exact) mass is 281 g/mol. The zero-order valence-electron chi connectivity index (χ0n) is 12.2. The highest BCUT2D eigenvalue weighted by atomic mass is 16.6. The van der Waals surface area contributed by atoms with Gasteiger partial charge in [0.25, 0.3) is 0 Å². The van der Waals surface area contributed by atoms with Crippen molar-refractivity contribution in [3.63, 3.8) is 0 Å². The van der Waals surface area contributed by atoms with Gasteiger partial charge in [0, 0.05) is 13.1 Å². The van der Waals surface area contributed by atoms with E-state index in [1.54, 1.807) is 15.7 Å². The minimum atomic E-state index is -0.522. The largest absolute Gasteiger partial charge is 0.463 e. The Morgan fingerprint density at radius 1 is 1.30 bits per heavy atom. The molecule has 1 aromatic heterocycles. The zero-order chi connectivity index (χ0) is 14.9. The molecular formula is C13H19N3O4. The van der Waals surface area contributed by atoms with Gasteiger partial charge in [0.1, 0.15) is 5.60 Å². The van der Waals surface area contributed by atoms with Gasteiger partial charge in [-0.2, -0.15) is 0 Å². The van der Waals surface area contributed by atoms with Crippen LogP contribution in [0.2, 0.25) is 0 Å². The normalized spacial score (nSPS) is 14.7. The Morgan fingerprint density at radius 2 is 2.00 bits per heavy atom. The molecule has 20 heavy (non-hydrogen) atoms. The lowest BCUT2D eigenvalue weighted by Crippen LogP contribution is -2.41. The van der Waals surface area contributed by atoms with Crippen LogP contribution in [0.1, 0.15) is 37.1 Å². The van der Waals surface area contributed by atoms with Crippen molar-refractivity contribution in [2.24, 2.45) is 0 Å². The maximum atomic E-state index is 12.0. The number of ether oxygens (including phenoxy) is 2. The fourth-order valence-electron chi connectivity index (χ4n) is 2.02. The van der Waals surface area contributed by atoms with Gasteiger partial charge in [0.2, 0.25) is 5.82 Å². The number of esters is 1. The molecule has 2 heterocycles. The molecule has 0 aliphatic carbocycles. The molecule has 2 rings (SSSR count). The summed E-state index contributed by atoms with van der Waals surface area (Å²) in [5, 5.41) is 0. The molecule has 1 aliphatic rings. The van der Waals surface area contributed by atoms with Crippen molar-refractivity contribution < 1.29 is 19.1 Å². The number of amides is 1. The fourth-order valence-corrected chi connectivity index (χ4v) is 2.02. The van der Waals surface area contributed by atoms with Crippen LogP contribution in [-0.2, 0) is 22.6 Å². The van der Waals surface area contributed by atoms with E-state index >= 15 is 0 Å². The number of carbonyl (C=O) groups excluding carboxylic acids is 2. The number of carbonyl (C=O) groups is 2. The predicted molar refractivity (Wildman–Crippen MR) is 70.2 cm³/mol. The summed E-state index contributed by atoms with van der Waals surface area (Å²) in [5.74, 6) is -0.201. The topological polar surface area (TPSA) is 73.7 Å². The van der Waals surface area contributed by atoms with E-state index < -0.39 is 11.6 Å². The van der Waals surface area contributed by atoms with Crippen LogP contribution in [-0.4, -0.2) is 45.8 Å². The van der Waals surface area contributed by atoms with E-state index in [9.17, 15) is 9.59 Å². The summed E-state index contributed by atoms with van der Waals surface area (Å²) in [6, 6.07) is 0. The third-order valence-electron chi connectivity index (χ3n) is 2.90. The van der Waals surface area contributed by atoms with Crippen molar-refractivity contribution in [1.29, 1.82) is 0 Å². The molecule has 110 valence electrons. The molecule has 0 saturated carbocycles. The van der Waals surface area contributed by atoms with Gasteiger partial charge in [-0.05, 0) is 20.8 Å². The van der Waals surface area contributed by atoms with Crippen LogP contribution in [0.3, 0.4) is 0 Å². The standard InChI is InChI=1S/C13H19N3O4/c1-13(2,3)20-12(18)15-5-6-16-9(8-15)7-14-10(16)11(17)19-4/h7H,5-6,8H2,1-4H3. The van der Waals surface area contributed by atoms with Gasteiger partial charge in [-0.3, -0.25) is 0 Å². The summed E-state index contributed by atoms with van der Waals surface area (Å²) >= 11 is 0. The third kappa shape index (κ3) is 2.92. The highest BCUT2D eigenvalue weighted by molar-refractivity contribution is 5.85. The molecule has 0 N–H and O–H groups in total. The van der Waals surface area contributed by atoms with Crippen molar-refractivity contribution in [2.75, 3.05) is 13.7 Å². The number of hydrogen-bond acceptors (Lipinski definition) is 5. The summed E-state index contributed by atoms with van der Waals surface area (Å²) in [4.78, 5) is 29.2. The molecule has 0 atom stereocenters. The molecule has 0 aromatic carbocycles. The van der Waals surface area contributed by atoms with E-state index in [1.165, 1.54) is 7.11 Å². The van der Waals surface area contributed by atoms with Crippen LogP contribution >= 0.6 is 0 Å². The minimum Gasteiger partial charge on any atom is -0.463 e. The first-order valence-corrected chi connectivity index (χ1v) is 6.42. The molecule has 1 aliphatic heterocycles. The first-order chi connectivity index (χ1) is 9.31. The zero-order valence-corrected chi connectivity index (χ0v) is 12.2. The second-order valence-corrected chi connectivity index (χ2v) is 5.62. The summed E-state index contributed by atoms with van der Waals surface area (Å²) in [7, 11) is 1.32. The number of nitrogens with zero attached hydrogens (tertiary/aromatic N) is 3. The number of aromatic nitrogens is 2. The van der Waals surface area contributed by atoms with Crippen LogP contribution in [0.5, 0.6) is 0 Å². The number of fused-ring (bicyclic) bond motifs is 1. The Kier molecular flexibility index (Phi) is 3.69. The minimum absolute atomic E-state index is 0.270. The first-order valence-electron chi connectivity index (χ1n) is 6.42. The van der Waals surface area contributed by atoms with Crippen LogP contribution in [0, 0.1) is 0 Å². The Labute approximate surface area is 117 Å². The van der Waals surface area contributed by atoms with E-state index in [0.29, 0.717) is 19.6 Å². The van der Waals surface area contributed by atoms with Gasteiger partial charge in [-0.15, -0.1) is 0 Å². The van der Waals surface area contributed by atoms with Crippen molar-refractivity contribution in [2.45, 2.75) is 39.5 Å². The molecule has 0 bridgehead atoms. The van der Waals surface area contributed by atoms with Gasteiger partial charge >= 0.3 is 12.1 Å². The van der Waals surface area contributed by atoms with Crippen LogP contribution in [0.25, 0.3) is 0 Å². The van der Waals surface area contributed by atoms with Crippen LogP contribution in [0.4, 0.5) is 4.79 Å². The molecule has 7 nitrogen and oxygen atoms in total. The van der Waals surface area contributed by atoms with Gasteiger partial charge in [-0.1, -0.05) is 0 Å². The maximum absolute atomic E-state index is 12.0. The van der Waals surface area contributed by atoms with Gasteiger partial charge in [0.15, 0.2) is 0 Å². The number of imidazole rings is 1. The van der Waals surface area contributed by atoms with Crippen LogP contribution in [0.15, 0.2) is 6.20 Å². The Balaban J connectivity index is 2.11. The predicted octanol–water partition coefficient (Wildman–Crippen LogP) is 1.42. The lowest BCUT2D eigenvalue weighted by Gasteiger charge is -2.31. The van der Waals surface area contributed by atoms with Crippen molar-refractivity contribution >= 4 is 12.1 Å². The second-order valence-electron chi connectivity index (χ2n) is 5.62. The maximum Gasteiger partial charge on any atom is 0.410 e. The molecule has 0 unspecified atom stereocenters.